The van der Waals surface area contributed by atoms with Gasteiger partial charge in [0, 0.05) is 19.1 Å². The quantitative estimate of drug-likeness (QED) is 0.919. The molecule has 1 fully saturated rings. The smallest absolute Gasteiger partial charge is 0.0954 e. The molecular weight excluding hydrogens is 248 g/mol. The summed E-state index contributed by atoms with van der Waals surface area (Å²) in [4.78, 5) is 2.55. The van der Waals surface area contributed by atoms with Gasteiger partial charge in [-0.05, 0) is 36.4 Å². The third-order valence-corrected chi connectivity index (χ3v) is 4.92. The van der Waals surface area contributed by atoms with E-state index in [0.717, 1.165) is 39.1 Å². The van der Waals surface area contributed by atoms with Gasteiger partial charge in [-0.3, -0.25) is 0 Å². The summed E-state index contributed by atoms with van der Waals surface area (Å²) in [7, 11) is 0. The summed E-state index contributed by atoms with van der Waals surface area (Å²) in [5.41, 5.74) is 9.06. The molecule has 110 valence electrons. The number of nitrogens with zero attached hydrogens (tertiary/aromatic N) is 1. The number of nitrogens with two attached hydrogens (primary N) is 1. The molecule has 1 aromatic rings. The van der Waals surface area contributed by atoms with Gasteiger partial charge in [0.15, 0.2) is 0 Å². The fraction of sp³-hybridized carbons (Fsp3) is 0.647. The minimum atomic E-state index is 0.242. The number of benzene rings is 1. The van der Waals surface area contributed by atoms with E-state index in [0.29, 0.717) is 12.0 Å². The van der Waals surface area contributed by atoms with E-state index in [4.69, 9.17) is 10.5 Å². The van der Waals surface area contributed by atoms with Crippen LogP contribution >= 0.6 is 0 Å². The molecule has 0 saturated carbocycles. The Bertz CT molecular complexity index is 448. The molecule has 3 unspecified atom stereocenters. The van der Waals surface area contributed by atoms with E-state index >= 15 is 0 Å². The molecule has 3 heteroatoms. The molecule has 2 heterocycles. The summed E-state index contributed by atoms with van der Waals surface area (Å²) in [5.74, 6) is 0.641. The molecule has 0 radical (unpaired) electrons. The van der Waals surface area contributed by atoms with E-state index < -0.39 is 0 Å². The van der Waals surface area contributed by atoms with Crippen LogP contribution in [0, 0.1) is 5.92 Å². The first-order valence-electron chi connectivity index (χ1n) is 7.95. The summed E-state index contributed by atoms with van der Waals surface area (Å²) in [5, 5.41) is 0. The molecule has 1 saturated heterocycles. The minimum Gasteiger partial charge on any atom is -0.372 e. The lowest BCUT2D eigenvalue weighted by molar-refractivity contribution is 0.00444. The monoisotopic (exact) mass is 274 g/mol. The molecular formula is C17H26N2O. The molecule has 0 aliphatic carbocycles. The molecule has 20 heavy (non-hydrogen) atoms. The summed E-state index contributed by atoms with van der Waals surface area (Å²) in [6.07, 6.45) is 3.59. The van der Waals surface area contributed by atoms with Crippen LogP contribution in [0.4, 0.5) is 0 Å². The SMILES string of the molecule is CCC1CN(CC2OCCc3ccccc32)CCC1N. The van der Waals surface area contributed by atoms with Crippen molar-refractivity contribution < 1.29 is 4.74 Å². The van der Waals surface area contributed by atoms with Gasteiger partial charge < -0.3 is 15.4 Å². The molecule has 1 aromatic carbocycles. The highest BCUT2D eigenvalue weighted by Gasteiger charge is 2.29. The van der Waals surface area contributed by atoms with Crippen LogP contribution in [-0.2, 0) is 11.2 Å². The third kappa shape index (κ3) is 2.90. The molecule has 0 amide bonds. The Balaban J connectivity index is 1.67. The lowest BCUT2D eigenvalue weighted by Crippen LogP contribution is -2.48. The maximum Gasteiger partial charge on any atom is 0.0954 e. The second-order valence-electron chi connectivity index (χ2n) is 6.19. The zero-order valence-corrected chi connectivity index (χ0v) is 12.4. The maximum absolute atomic E-state index is 6.20. The lowest BCUT2D eigenvalue weighted by Gasteiger charge is -2.39. The van der Waals surface area contributed by atoms with Crippen molar-refractivity contribution in [2.45, 2.75) is 38.3 Å². The van der Waals surface area contributed by atoms with Crippen molar-refractivity contribution in [2.75, 3.05) is 26.2 Å². The van der Waals surface area contributed by atoms with E-state index in [-0.39, 0.29) is 6.10 Å². The molecule has 3 rings (SSSR count). The van der Waals surface area contributed by atoms with Crippen molar-refractivity contribution in [3.63, 3.8) is 0 Å². The first-order valence-corrected chi connectivity index (χ1v) is 7.95. The average Bonchev–Trinajstić information content (AvgIpc) is 2.49. The Hall–Kier alpha value is -0.900. The van der Waals surface area contributed by atoms with Crippen molar-refractivity contribution in [3.8, 4) is 0 Å². The normalized spacial score (nSPS) is 31.0. The number of fused-ring (bicyclic) bond motifs is 1. The zero-order chi connectivity index (χ0) is 13.9. The summed E-state index contributed by atoms with van der Waals surface area (Å²) < 4.78 is 6.03. The highest BCUT2D eigenvalue weighted by molar-refractivity contribution is 5.31. The van der Waals surface area contributed by atoms with E-state index in [9.17, 15) is 0 Å². The molecule has 2 aliphatic rings. The Morgan fingerprint density at radius 3 is 3.05 bits per heavy atom. The van der Waals surface area contributed by atoms with Gasteiger partial charge in [0.1, 0.15) is 0 Å². The van der Waals surface area contributed by atoms with Crippen molar-refractivity contribution in [1.29, 1.82) is 0 Å². The van der Waals surface area contributed by atoms with Crippen LogP contribution in [0.3, 0.4) is 0 Å². The topological polar surface area (TPSA) is 38.5 Å². The molecule has 2 N–H and O–H groups in total. The van der Waals surface area contributed by atoms with Gasteiger partial charge in [0.2, 0.25) is 0 Å². The molecule has 3 nitrogen and oxygen atoms in total. The van der Waals surface area contributed by atoms with Gasteiger partial charge in [-0.1, -0.05) is 37.6 Å². The largest absolute Gasteiger partial charge is 0.372 e. The van der Waals surface area contributed by atoms with Crippen molar-refractivity contribution in [3.05, 3.63) is 35.4 Å². The Kier molecular flexibility index (Phi) is 4.39. The highest BCUT2D eigenvalue weighted by Crippen LogP contribution is 2.29. The standard InChI is InChI=1S/C17H26N2O/c1-2-13-11-19(9-7-16(13)18)12-17-15-6-4-3-5-14(15)8-10-20-17/h3-6,13,16-17H,2,7-12,18H2,1H3. The Labute approximate surface area is 122 Å². The number of hydrogen-bond donors (Lipinski definition) is 1. The minimum absolute atomic E-state index is 0.242. The van der Waals surface area contributed by atoms with E-state index in [1.165, 1.54) is 17.5 Å². The number of piperidine rings is 1. The van der Waals surface area contributed by atoms with E-state index in [1.807, 2.05) is 0 Å². The molecule has 0 bridgehead atoms. The third-order valence-electron chi connectivity index (χ3n) is 4.92. The van der Waals surface area contributed by atoms with Crippen LogP contribution in [0.1, 0.15) is 37.0 Å². The first kappa shape index (κ1) is 14.1. The number of rotatable bonds is 3. The van der Waals surface area contributed by atoms with Gasteiger partial charge >= 0.3 is 0 Å². The van der Waals surface area contributed by atoms with Crippen molar-refractivity contribution >= 4 is 0 Å². The lowest BCUT2D eigenvalue weighted by atomic mass is 9.90. The van der Waals surface area contributed by atoms with Crippen LogP contribution in [0.2, 0.25) is 0 Å². The predicted molar refractivity (Wildman–Crippen MR) is 81.7 cm³/mol. The first-order chi connectivity index (χ1) is 9.78. The van der Waals surface area contributed by atoms with E-state index in [2.05, 4.69) is 36.1 Å². The second-order valence-corrected chi connectivity index (χ2v) is 6.19. The fourth-order valence-electron chi connectivity index (χ4n) is 3.59. The van der Waals surface area contributed by atoms with Crippen LogP contribution in [-0.4, -0.2) is 37.2 Å². The number of hydrogen-bond acceptors (Lipinski definition) is 3. The molecule has 2 aliphatic heterocycles. The summed E-state index contributed by atoms with van der Waals surface area (Å²) >= 11 is 0. The van der Waals surface area contributed by atoms with Gasteiger partial charge in [0.05, 0.1) is 12.7 Å². The van der Waals surface area contributed by atoms with E-state index in [1.54, 1.807) is 0 Å². The predicted octanol–water partition coefficient (Wildman–Crippen LogP) is 2.36. The Morgan fingerprint density at radius 2 is 2.20 bits per heavy atom. The van der Waals surface area contributed by atoms with Crippen molar-refractivity contribution in [1.82, 2.24) is 4.90 Å². The second kappa shape index (κ2) is 6.25. The number of ether oxygens (including phenoxy) is 1. The van der Waals surface area contributed by atoms with Gasteiger partial charge in [0.25, 0.3) is 0 Å². The maximum atomic E-state index is 6.20. The molecule has 0 aromatic heterocycles. The summed E-state index contributed by atoms with van der Waals surface area (Å²) in [6, 6.07) is 9.11. The van der Waals surface area contributed by atoms with Crippen molar-refractivity contribution in [2.24, 2.45) is 11.7 Å². The van der Waals surface area contributed by atoms with Crippen LogP contribution < -0.4 is 5.73 Å². The van der Waals surface area contributed by atoms with Gasteiger partial charge in [-0.25, -0.2) is 0 Å². The van der Waals surface area contributed by atoms with Crippen LogP contribution in [0.15, 0.2) is 24.3 Å². The average molecular weight is 274 g/mol. The Morgan fingerprint density at radius 1 is 1.35 bits per heavy atom. The number of likely N-dealkylation sites (tertiary alicyclic amines) is 1. The molecule has 3 atom stereocenters. The fourth-order valence-corrected chi connectivity index (χ4v) is 3.59. The van der Waals surface area contributed by atoms with Gasteiger partial charge in [-0.2, -0.15) is 0 Å². The molecule has 0 spiro atoms. The summed E-state index contributed by atoms with van der Waals surface area (Å²) in [6.45, 7) is 6.35. The van der Waals surface area contributed by atoms with Crippen LogP contribution in [0.5, 0.6) is 0 Å². The highest BCUT2D eigenvalue weighted by atomic mass is 16.5. The van der Waals surface area contributed by atoms with Gasteiger partial charge in [-0.15, -0.1) is 0 Å². The zero-order valence-electron chi connectivity index (χ0n) is 12.4. The van der Waals surface area contributed by atoms with Crippen LogP contribution in [0.25, 0.3) is 0 Å².